The fourth-order valence-electron chi connectivity index (χ4n) is 1.80. The summed E-state index contributed by atoms with van der Waals surface area (Å²) in [7, 11) is 2.03. The Kier molecular flexibility index (Phi) is 2.43. The molecule has 0 spiro atoms. The second kappa shape index (κ2) is 3.64. The molecule has 0 amide bonds. The minimum Gasteiger partial charge on any atom is -0.257 e. The van der Waals surface area contributed by atoms with Gasteiger partial charge in [-0.1, -0.05) is 17.6 Å². The van der Waals surface area contributed by atoms with Crippen LogP contribution in [0, 0.1) is 11.3 Å². The molecule has 16 heavy (non-hydrogen) atoms. The van der Waals surface area contributed by atoms with E-state index in [2.05, 4.69) is 23.2 Å². The Morgan fingerprint density at radius 2 is 2.12 bits per heavy atom. The number of hydrogen-bond acceptors (Lipinski definition) is 2. The second-order valence-corrected chi connectivity index (χ2v) is 4.61. The molecule has 0 saturated heterocycles. The predicted molar refractivity (Wildman–Crippen MR) is 68.6 cm³/mol. The summed E-state index contributed by atoms with van der Waals surface area (Å²) >= 11 is 0. The first kappa shape index (κ1) is 10.7. The van der Waals surface area contributed by atoms with Gasteiger partial charge in [-0.25, -0.2) is 0 Å². The molecule has 0 saturated carbocycles. The Hall–Kier alpha value is -1.82. The maximum absolute atomic E-state index is 9.14. The van der Waals surface area contributed by atoms with E-state index in [0.717, 1.165) is 21.9 Å². The molecule has 1 aromatic carbocycles. The van der Waals surface area contributed by atoms with Crippen LogP contribution in [0.2, 0.25) is 0 Å². The zero-order chi connectivity index (χ0) is 11.8. The number of nitrogens with zero attached hydrogens (tertiary/aromatic N) is 2. The van der Waals surface area contributed by atoms with Gasteiger partial charge in [0, 0.05) is 6.20 Å². The molecule has 0 aliphatic rings. The van der Waals surface area contributed by atoms with Crippen molar-refractivity contribution in [1.29, 1.82) is 5.26 Å². The van der Waals surface area contributed by atoms with Gasteiger partial charge >= 0.3 is 0 Å². The summed E-state index contributed by atoms with van der Waals surface area (Å²) in [5.74, 6) is 0. The first-order valence-electron chi connectivity index (χ1n) is 5.32. The third-order valence-corrected chi connectivity index (χ3v) is 2.90. The van der Waals surface area contributed by atoms with Crippen molar-refractivity contribution >= 4 is 24.2 Å². The van der Waals surface area contributed by atoms with Crippen LogP contribution < -0.4 is 5.46 Å². The van der Waals surface area contributed by atoms with E-state index in [1.807, 2.05) is 33.8 Å². The molecule has 0 unspecified atom stereocenters. The Balaban J connectivity index is 2.73. The summed E-state index contributed by atoms with van der Waals surface area (Å²) < 4.78 is 0. The third-order valence-electron chi connectivity index (χ3n) is 2.90. The van der Waals surface area contributed by atoms with Crippen molar-refractivity contribution in [1.82, 2.24) is 4.98 Å². The predicted octanol–water partition coefficient (Wildman–Crippen LogP) is 1.29. The zero-order valence-electron chi connectivity index (χ0n) is 9.78. The van der Waals surface area contributed by atoms with E-state index in [-0.39, 0.29) is 0 Å². The Bertz CT molecular complexity index is 582. The van der Waals surface area contributed by atoms with E-state index >= 15 is 0 Å². The summed E-state index contributed by atoms with van der Waals surface area (Å²) in [6, 6.07) is 10.4. The quantitative estimate of drug-likeness (QED) is 0.662. The topological polar surface area (TPSA) is 36.7 Å². The molecule has 1 heterocycles. The monoisotopic (exact) mass is 208 g/mol. The number of nitriles is 1. The highest BCUT2D eigenvalue weighted by Gasteiger charge is 2.20. The van der Waals surface area contributed by atoms with E-state index in [1.165, 1.54) is 0 Å². The largest absolute Gasteiger partial charge is 0.257 e. The molecule has 2 rings (SSSR count). The van der Waals surface area contributed by atoms with E-state index < -0.39 is 5.41 Å². The normalized spacial score (nSPS) is 11.3. The van der Waals surface area contributed by atoms with Crippen LogP contribution in [0.5, 0.6) is 0 Å². The smallest absolute Gasteiger partial charge is 0.142 e. The molecule has 0 fully saturated rings. The van der Waals surface area contributed by atoms with Crippen LogP contribution in [0.3, 0.4) is 0 Å². The fourth-order valence-corrected chi connectivity index (χ4v) is 1.80. The number of benzene rings is 1. The third kappa shape index (κ3) is 1.67. The van der Waals surface area contributed by atoms with Crippen molar-refractivity contribution in [3.8, 4) is 6.07 Å². The number of rotatable bonds is 1. The summed E-state index contributed by atoms with van der Waals surface area (Å²) in [5, 5.41) is 10.2. The van der Waals surface area contributed by atoms with Crippen LogP contribution in [-0.4, -0.2) is 12.8 Å². The van der Waals surface area contributed by atoms with Crippen LogP contribution in [0.15, 0.2) is 30.5 Å². The van der Waals surface area contributed by atoms with E-state index in [4.69, 9.17) is 5.26 Å². The minimum atomic E-state index is -0.450. The molecule has 0 aliphatic carbocycles. The van der Waals surface area contributed by atoms with Gasteiger partial charge in [0.2, 0.25) is 0 Å². The van der Waals surface area contributed by atoms with E-state index in [9.17, 15) is 0 Å². The van der Waals surface area contributed by atoms with Gasteiger partial charge in [-0.15, -0.1) is 0 Å². The highest BCUT2D eigenvalue weighted by molar-refractivity contribution is 6.38. The maximum Gasteiger partial charge on any atom is 0.142 e. The molecule has 78 valence electrons. The van der Waals surface area contributed by atoms with Crippen molar-refractivity contribution in [2.45, 2.75) is 19.3 Å². The molecule has 0 atom stereocenters. The van der Waals surface area contributed by atoms with Crippen LogP contribution >= 0.6 is 0 Å². The molecular weight excluding hydrogens is 195 g/mol. The van der Waals surface area contributed by atoms with Crippen LogP contribution in [-0.2, 0) is 5.41 Å². The second-order valence-electron chi connectivity index (χ2n) is 4.61. The Morgan fingerprint density at radius 1 is 1.38 bits per heavy atom. The number of pyridine rings is 1. The summed E-state index contributed by atoms with van der Waals surface area (Å²) in [6.45, 7) is 3.87. The van der Waals surface area contributed by atoms with E-state index in [1.54, 1.807) is 6.20 Å². The molecule has 0 N–H and O–H groups in total. The minimum absolute atomic E-state index is 0.450. The molecule has 0 aliphatic heterocycles. The summed E-state index contributed by atoms with van der Waals surface area (Å²) in [6.07, 6.45) is 1.80. The molecule has 3 heteroatoms. The summed E-state index contributed by atoms with van der Waals surface area (Å²) in [5.41, 5.74) is 2.74. The van der Waals surface area contributed by atoms with Crippen LogP contribution in [0.1, 0.15) is 19.4 Å². The molecule has 2 aromatic rings. The average molecular weight is 208 g/mol. The lowest BCUT2D eigenvalue weighted by molar-refractivity contribution is 0.688. The van der Waals surface area contributed by atoms with Gasteiger partial charge in [0.05, 0.1) is 17.0 Å². The van der Waals surface area contributed by atoms with Gasteiger partial charge in [-0.05, 0) is 36.9 Å². The van der Waals surface area contributed by atoms with Crippen LogP contribution in [0.4, 0.5) is 0 Å². The fraction of sp³-hybridized carbons (Fsp3) is 0.231. The number of fused-ring (bicyclic) bond motifs is 1. The highest BCUT2D eigenvalue weighted by Crippen LogP contribution is 2.23. The van der Waals surface area contributed by atoms with Gasteiger partial charge in [0.15, 0.2) is 0 Å². The van der Waals surface area contributed by atoms with Crippen molar-refractivity contribution in [3.05, 3.63) is 36.0 Å². The Morgan fingerprint density at radius 3 is 2.81 bits per heavy atom. The zero-order valence-corrected chi connectivity index (χ0v) is 9.78. The van der Waals surface area contributed by atoms with Gasteiger partial charge < -0.3 is 0 Å². The molecule has 1 aromatic heterocycles. The SMILES string of the molecule is Bc1cc(C(C)(C)C#N)cc2cccnc12. The molecule has 0 radical (unpaired) electrons. The van der Waals surface area contributed by atoms with Gasteiger partial charge in [-0.3, -0.25) is 4.98 Å². The first-order valence-corrected chi connectivity index (χ1v) is 5.32. The lowest BCUT2D eigenvalue weighted by Gasteiger charge is -2.17. The van der Waals surface area contributed by atoms with Crippen molar-refractivity contribution < 1.29 is 0 Å². The van der Waals surface area contributed by atoms with Gasteiger partial charge in [0.25, 0.3) is 0 Å². The van der Waals surface area contributed by atoms with Gasteiger partial charge in [-0.2, -0.15) is 5.26 Å². The number of aromatic nitrogens is 1. The van der Waals surface area contributed by atoms with Gasteiger partial charge in [0.1, 0.15) is 7.85 Å². The lowest BCUT2D eigenvalue weighted by Crippen LogP contribution is -2.18. The number of hydrogen-bond donors (Lipinski definition) is 0. The standard InChI is InChI=1S/C13H13BN2/c1-13(2,8-15)10-6-9-4-3-5-16-12(9)11(14)7-10/h3-7H,14H2,1-2H3. The van der Waals surface area contributed by atoms with E-state index in [0.29, 0.717) is 0 Å². The highest BCUT2D eigenvalue weighted by atomic mass is 14.6. The molecule has 2 nitrogen and oxygen atoms in total. The lowest BCUT2D eigenvalue weighted by atomic mass is 9.81. The van der Waals surface area contributed by atoms with Crippen molar-refractivity contribution in [2.24, 2.45) is 0 Å². The van der Waals surface area contributed by atoms with Crippen molar-refractivity contribution in [2.75, 3.05) is 0 Å². The van der Waals surface area contributed by atoms with Crippen LogP contribution in [0.25, 0.3) is 10.9 Å². The van der Waals surface area contributed by atoms with Crippen molar-refractivity contribution in [3.63, 3.8) is 0 Å². The summed E-state index contributed by atoms with van der Waals surface area (Å²) in [4.78, 5) is 4.35. The first-order chi connectivity index (χ1) is 7.54. The maximum atomic E-state index is 9.14. The Labute approximate surface area is 96.3 Å². The molecule has 0 bridgehead atoms. The average Bonchev–Trinajstić information content (AvgIpc) is 2.29. The molecular formula is C13H13BN2.